The third kappa shape index (κ3) is 43.1. The van der Waals surface area contributed by atoms with E-state index in [1.165, 1.54) is 20.8 Å². The summed E-state index contributed by atoms with van der Waals surface area (Å²) < 4.78 is 89.1. The number of aliphatic carboxylic acids is 1. The van der Waals surface area contributed by atoms with Gasteiger partial charge in [0.25, 0.3) is 0 Å². The normalized spacial score (nSPS) is 24.4. The highest BCUT2D eigenvalue weighted by Crippen LogP contribution is 2.26. The first-order valence-electron chi connectivity index (χ1n) is 38.4. The second kappa shape index (κ2) is 58.2. The highest BCUT2D eigenvalue weighted by molar-refractivity contribution is 5.92. The summed E-state index contributed by atoms with van der Waals surface area (Å²) in [7, 11) is 0. The van der Waals surface area contributed by atoms with E-state index >= 15 is 0 Å². The second-order valence-electron chi connectivity index (χ2n) is 28.2. The molecule has 0 spiro atoms. The van der Waals surface area contributed by atoms with Crippen LogP contribution in [0.25, 0.3) is 0 Å². The summed E-state index contributed by atoms with van der Waals surface area (Å²) in [5.74, 6) is -5.32. The first-order valence-corrected chi connectivity index (χ1v) is 38.4. The van der Waals surface area contributed by atoms with E-state index in [2.05, 4.69) is 42.5 Å². The van der Waals surface area contributed by atoms with Crippen LogP contribution in [0.2, 0.25) is 0 Å². The molecule has 0 radical (unpaired) electrons. The lowest BCUT2D eigenvalue weighted by Crippen LogP contribution is -2.64. The molecule has 3 heterocycles. The molecule has 0 aromatic rings. The van der Waals surface area contributed by atoms with E-state index in [1.807, 2.05) is 0 Å². The fourth-order valence-electron chi connectivity index (χ4n) is 11.4. The van der Waals surface area contributed by atoms with Crippen LogP contribution in [0.15, 0.2) is 0 Å². The third-order valence-corrected chi connectivity index (χ3v) is 17.6. The molecule has 0 bridgehead atoms. The number of rotatable bonds is 64. The number of carbonyl (C=O) groups excluding carboxylic acids is 8. The molecule has 3 fully saturated rings. The third-order valence-electron chi connectivity index (χ3n) is 17.6. The Balaban J connectivity index is 1.54. The zero-order chi connectivity index (χ0) is 84.4. The molecule has 0 aromatic carbocycles. The Morgan fingerprint density at radius 1 is 0.386 bits per heavy atom. The lowest BCUT2D eigenvalue weighted by molar-refractivity contribution is -0.272. The molecule has 3 rings (SSSR count). The van der Waals surface area contributed by atoms with Gasteiger partial charge in [-0.2, -0.15) is 0 Å². The molecule has 3 saturated heterocycles. The largest absolute Gasteiger partial charge is 0.481 e. The fourth-order valence-corrected chi connectivity index (χ4v) is 11.4. The van der Waals surface area contributed by atoms with Crippen LogP contribution < -0.4 is 42.5 Å². The van der Waals surface area contributed by atoms with Crippen molar-refractivity contribution in [2.24, 2.45) is 0 Å². The van der Waals surface area contributed by atoms with E-state index in [4.69, 9.17) is 75.8 Å². The topological polar surface area (TPSA) is 600 Å². The van der Waals surface area contributed by atoms with Crippen molar-refractivity contribution in [1.29, 1.82) is 0 Å². The van der Waals surface area contributed by atoms with Gasteiger partial charge in [-0.05, 0) is 79.1 Å². The van der Waals surface area contributed by atoms with Gasteiger partial charge in [0.05, 0.1) is 144 Å². The average molecular weight is 1650 g/mol. The van der Waals surface area contributed by atoms with Crippen LogP contribution in [0, 0.1) is 0 Å². The zero-order valence-corrected chi connectivity index (χ0v) is 66.4. The second-order valence-corrected chi connectivity index (χ2v) is 28.2. The number of aliphatic hydroxyl groups is 9. The van der Waals surface area contributed by atoms with Gasteiger partial charge >= 0.3 is 5.97 Å². The van der Waals surface area contributed by atoms with Crippen molar-refractivity contribution in [1.82, 2.24) is 42.5 Å². The van der Waals surface area contributed by atoms with Crippen molar-refractivity contribution < 1.29 is 170 Å². The molecule has 3 aliphatic heterocycles. The summed E-state index contributed by atoms with van der Waals surface area (Å²) in [6, 6.07) is -5.72. The molecule has 0 aromatic heterocycles. The smallest absolute Gasteiger partial charge is 0.303 e. The van der Waals surface area contributed by atoms with Gasteiger partial charge in [-0.15, -0.1) is 0 Å². The number of hydrogen-bond donors (Lipinski definition) is 18. The fraction of sp³-hybridized carbons (Fsp3) is 0.873. The summed E-state index contributed by atoms with van der Waals surface area (Å²) in [6.07, 6.45) is -14.0. The lowest BCUT2D eigenvalue weighted by Gasteiger charge is -2.42. The zero-order valence-electron chi connectivity index (χ0n) is 66.4. The van der Waals surface area contributed by atoms with Gasteiger partial charge in [0.15, 0.2) is 18.9 Å². The maximum atomic E-state index is 14.4. The van der Waals surface area contributed by atoms with E-state index < -0.39 is 195 Å². The number of carbonyl (C=O) groups is 9. The highest BCUT2D eigenvalue weighted by Gasteiger charge is 2.48. The molecule has 43 heteroatoms. The highest BCUT2D eigenvalue weighted by atomic mass is 16.7. The van der Waals surface area contributed by atoms with Crippen molar-refractivity contribution >= 4 is 53.2 Å². The van der Waals surface area contributed by atoms with E-state index in [9.17, 15) is 94.2 Å². The number of unbranched alkanes of at least 4 members (excludes halogenated alkanes) is 2. The average Bonchev–Trinajstić information content (AvgIpc) is 0.807. The van der Waals surface area contributed by atoms with Crippen LogP contribution in [0.5, 0.6) is 0 Å². The monoisotopic (exact) mass is 1650 g/mol. The Morgan fingerprint density at radius 2 is 0.702 bits per heavy atom. The summed E-state index contributed by atoms with van der Waals surface area (Å²) in [5.41, 5.74) is -1.71. The van der Waals surface area contributed by atoms with Gasteiger partial charge in [0, 0.05) is 52.4 Å². The van der Waals surface area contributed by atoms with Gasteiger partial charge in [-0.3, -0.25) is 43.2 Å². The van der Waals surface area contributed by atoms with Crippen LogP contribution in [0.4, 0.5) is 0 Å². The minimum absolute atomic E-state index is 0.0260. The summed E-state index contributed by atoms with van der Waals surface area (Å²) in [6.45, 7) is 9.45. The predicted molar refractivity (Wildman–Crippen MR) is 393 cm³/mol. The Bertz CT molecular complexity index is 2740. The van der Waals surface area contributed by atoms with Gasteiger partial charge in [-0.25, -0.2) is 0 Å². The molecule has 5 unspecified atom stereocenters. The van der Waals surface area contributed by atoms with Gasteiger partial charge in [0.1, 0.15) is 105 Å². The number of nitrogens with one attached hydrogen (secondary N) is 8. The van der Waals surface area contributed by atoms with Gasteiger partial charge in [-0.1, -0.05) is 0 Å². The van der Waals surface area contributed by atoms with Crippen LogP contribution in [0.3, 0.4) is 0 Å². The molecule has 0 saturated carbocycles. The Labute approximate surface area is 663 Å². The molecule has 662 valence electrons. The Kier molecular flexibility index (Phi) is 52.3. The summed E-state index contributed by atoms with van der Waals surface area (Å²) in [4.78, 5) is 114. The van der Waals surface area contributed by atoms with Crippen molar-refractivity contribution in [2.75, 3.05) is 178 Å². The molecule has 0 aliphatic carbocycles. The van der Waals surface area contributed by atoms with Gasteiger partial charge in [0.2, 0.25) is 47.3 Å². The van der Waals surface area contributed by atoms with Crippen molar-refractivity contribution in [2.45, 2.75) is 221 Å². The molecule has 114 heavy (non-hydrogen) atoms. The number of ether oxygens (including phenoxy) is 16. The maximum absolute atomic E-state index is 14.4. The SMILES string of the molecule is CC(=O)N[C@H]1C(OCCOCCOCCOCC(=O)NCCCC[C@H](NC(=O)COCCOCCOCCO[C@@H]2O[C@H](CO)[C@H](O)C(O)[C@H]2NC(C)=O)C(=O)N[C@@H](CCCCNC(=O)COCCOCCOCCOC2O[C@H](CO)C(O)[C@H](O)[C@H]2NC(C)=O)C(=O)NC(C)(C)CCOC(C)(C)CCC(=O)O)O[C@H](CO)[C@H](O)C1O. The summed E-state index contributed by atoms with van der Waals surface area (Å²) in [5, 5.41) is 121. The number of carboxylic acid groups (broad SMARTS) is 1. The van der Waals surface area contributed by atoms with E-state index in [-0.39, 0.29) is 190 Å². The van der Waals surface area contributed by atoms with E-state index in [0.29, 0.717) is 19.3 Å². The lowest BCUT2D eigenvalue weighted by atomic mass is 9.97. The number of amides is 8. The van der Waals surface area contributed by atoms with Crippen molar-refractivity contribution in [3.8, 4) is 0 Å². The van der Waals surface area contributed by atoms with E-state index in [1.54, 1.807) is 27.7 Å². The quantitative estimate of drug-likeness (QED) is 0.0252. The van der Waals surface area contributed by atoms with Crippen LogP contribution in [0.1, 0.15) is 106 Å². The molecule has 18 N–H and O–H groups in total. The standard InChI is InChI=1S/C71H128N8O35/c1-44(83)74-56-62(94)59(91)49(38-80)112-67(56)108-35-32-102-23-20-99-26-29-105-41-52(86)72-17-10-8-12-47(77-54(88)43-107-31-28-101-22-25-104-34-37-110-69-58(76-46(3)85)64(96)61(93)51(40-82)114-69)65(97)78-48(66(98)79-70(4,5)16-19-111-71(6,7)15-14-55(89)90)13-9-11-18-73-53(87)42-106-30-27-100-21-24-103-33-36-109-68-57(75-45(2)84)63(95)60(92)50(39-81)113-68/h47-51,56-64,67-69,80-82,91-96H,8-43H2,1-7H3,(H,72,86)(H,73,87)(H,74,83)(H,75,84)(H,76,85)(H,77,88)(H,78,97)(H,79,98)(H,89,90)/t47-,48-,49+,50+,51+,56+,57+,58+,59-,60?,61-,62?,63+,64?,67?,68?,69+/m0/s1. The summed E-state index contributed by atoms with van der Waals surface area (Å²) >= 11 is 0. The molecular weight excluding hydrogens is 1520 g/mol. The molecule has 3 aliphatic rings. The molecular formula is C71H128N8O35. The van der Waals surface area contributed by atoms with Crippen molar-refractivity contribution in [3.63, 3.8) is 0 Å². The number of hydrogen-bond acceptors (Lipinski definition) is 34. The van der Waals surface area contributed by atoms with E-state index in [0.717, 1.165) is 0 Å². The van der Waals surface area contributed by atoms with Crippen LogP contribution in [-0.2, 0) is 119 Å². The van der Waals surface area contributed by atoms with Crippen molar-refractivity contribution in [3.05, 3.63) is 0 Å². The molecule has 17 atom stereocenters. The Morgan fingerprint density at radius 3 is 1.03 bits per heavy atom. The molecule has 43 nitrogen and oxygen atoms in total. The minimum Gasteiger partial charge on any atom is -0.481 e. The first-order chi connectivity index (χ1) is 54.3. The van der Waals surface area contributed by atoms with Gasteiger partial charge < -0.3 is 169 Å². The number of carboxylic acids is 1. The predicted octanol–water partition coefficient (Wildman–Crippen LogP) is -7.50. The molecule has 8 amide bonds. The maximum Gasteiger partial charge on any atom is 0.303 e. The Hall–Kier alpha value is -5.77. The van der Waals surface area contributed by atoms with Crippen LogP contribution in [-0.4, -0.2) is 398 Å². The minimum atomic E-state index is -1.48. The number of aliphatic hydroxyl groups excluding tert-OH is 9. The van der Waals surface area contributed by atoms with Crippen LogP contribution >= 0.6 is 0 Å². The first kappa shape index (κ1) is 102.